The van der Waals surface area contributed by atoms with Crippen LogP contribution in [-0.4, -0.2) is 29.6 Å². The zero-order valence-corrected chi connectivity index (χ0v) is 18.4. The molecule has 0 N–H and O–H groups in total. The molecule has 0 saturated heterocycles. The summed E-state index contributed by atoms with van der Waals surface area (Å²) in [5.41, 5.74) is -3.49. The zero-order chi connectivity index (χ0) is 21.7. The second-order valence-corrected chi connectivity index (χ2v) is 10.6. The summed E-state index contributed by atoms with van der Waals surface area (Å²) in [5.74, 6) is -0.232. The molecule has 2 aromatic heterocycles. The number of oxazole rings is 1. The van der Waals surface area contributed by atoms with Crippen LogP contribution in [0, 0.1) is 0 Å². The van der Waals surface area contributed by atoms with Gasteiger partial charge in [0.05, 0.1) is 16.2 Å². The van der Waals surface area contributed by atoms with Gasteiger partial charge in [0.25, 0.3) is 0 Å². The first-order chi connectivity index (χ1) is 14.1. The Morgan fingerprint density at radius 3 is 2.53 bits per heavy atom. The number of rotatable bonds is 4. The molecule has 0 aliphatic heterocycles. The Kier molecular flexibility index (Phi) is 5.31. The van der Waals surface area contributed by atoms with Crippen LogP contribution in [0.2, 0.25) is 0 Å². The van der Waals surface area contributed by atoms with Crippen molar-refractivity contribution in [3.8, 4) is 11.6 Å². The van der Waals surface area contributed by atoms with Crippen molar-refractivity contribution in [3.63, 3.8) is 0 Å². The summed E-state index contributed by atoms with van der Waals surface area (Å²) in [6, 6.07) is 10.6. The molecule has 0 saturated carbocycles. The Bertz CT molecular complexity index is 1390. The Morgan fingerprint density at radius 1 is 1.07 bits per heavy atom. The van der Waals surface area contributed by atoms with Crippen LogP contribution < -0.4 is 0 Å². The van der Waals surface area contributed by atoms with Gasteiger partial charge in [-0.25, -0.2) is 18.4 Å². The number of fused-ring (bicyclic) bond motifs is 2. The topological polar surface area (TPSA) is 73.1 Å². The third-order valence-electron chi connectivity index (χ3n) is 4.26. The number of alkyl halides is 3. The van der Waals surface area contributed by atoms with Crippen molar-refractivity contribution < 1.29 is 26.0 Å². The van der Waals surface area contributed by atoms with E-state index in [1.54, 1.807) is 18.2 Å². The van der Waals surface area contributed by atoms with Gasteiger partial charge in [-0.05, 0) is 48.2 Å². The highest BCUT2D eigenvalue weighted by atomic mass is 79.9. The van der Waals surface area contributed by atoms with Crippen molar-refractivity contribution in [2.75, 3.05) is 5.75 Å². The highest BCUT2D eigenvalue weighted by Crippen LogP contribution is 2.39. The monoisotopic (exact) mass is 516 g/mol. The van der Waals surface area contributed by atoms with Crippen molar-refractivity contribution >= 4 is 59.5 Å². The van der Waals surface area contributed by atoms with E-state index >= 15 is 0 Å². The first kappa shape index (κ1) is 21.1. The molecule has 4 rings (SSSR count). The van der Waals surface area contributed by atoms with E-state index in [1.165, 1.54) is 31.2 Å². The zero-order valence-electron chi connectivity index (χ0n) is 15.2. The highest BCUT2D eigenvalue weighted by Gasteiger charge is 2.30. The quantitative estimate of drug-likeness (QED) is 0.300. The van der Waals surface area contributed by atoms with Crippen LogP contribution in [0.1, 0.15) is 6.92 Å². The van der Waals surface area contributed by atoms with Gasteiger partial charge in [0.1, 0.15) is 11.2 Å². The molecule has 4 aromatic rings. The summed E-state index contributed by atoms with van der Waals surface area (Å²) >= 11 is 3.09. The van der Waals surface area contributed by atoms with Gasteiger partial charge in [-0.2, -0.15) is 13.2 Å². The van der Waals surface area contributed by atoms with Gasteiger partial charge >= 0.3 is 5.51 Å². The number of sulfone groups is 1. The highest BCUT2D eigenvalue weighted by molar-refractivity contribution is 9.10. The lowest BCUT2D eigenvalue weighted by atomic mass is 10.2. The van der Waals surface area contributed by atoms with Crippen molar-refractivity contribution in [2.45, 2.75) is 22.2 Å². The molecule has 0 aliphatic rings. The molecule has 0 aliphatic carbocycles. The van der Waals surface area contributed by atoms with E-state index in [9.17, 15) is 21.6 Å². The van der Waals surface area contributed by atoms with Gasteiger partial charge in [-0.3, -0.25) is 0 Å². The number of pyridine rings is 1. The van der Waals surface area contributed by atoms with Crippen LogP contribution in [0.5, 0.6) is 0 Å². The second kappa shape index (κ2) is 7.54. The SMILES string of the molecule is CCS(=O)(=O)c1cc2ccc(Br)cc2nc1-c1nc2cc(SC(F)(F)F)ccc2o1. The van der Waals surface area contributed by atoms with Crippen LogP contribution in [0.4, 0.5) is 13.2 Å². The average molecular weight is 517 g/mol. The molecule has 11 heteroatoms. The molecule has 2 aromatic carbocycles. The number of halogens is 4. The van der Waals surface area contributed by atoms with E-state index in [0.29, 0.717) is 10.9 Å². The van der Waals surface area contributed by atoms with Crippen LogP contribution in [-0.2, 0) is 9.84 Å². The fourth-order valence-electron chi connectivity index (χ4n) is 2.87. The van der Waals surface area contributed by atoms with Gasteiger partial charge in [-0.1, -0.05) is 28.9 Å². The fourth-order valence-corrected chi connectivity index (χ4v) is 4.84. The largest absolute Gasteiger partial charge is 0.446 e. The lowest BCUT2D eigenvalue weighted by molar-refractivity contribution is -0.0328. The first-order valence-electron chi connectivity index (χ1n) is 8.55. The maximum atomic E-state index is 12.7. The smallest absolute Gasteiger partial charge is 0.435 e. The van der Waals surface area contributed by atoms with E-state index < -0.39 is 15.3 Å². The van der Waals surface area contributed by atoms with Gasteiger partial charge in [0, 0.05) is 14.8 Å². The number of hydrogen-bond acceptors (Lipinski definition) is 6. The minimum Gasteiger partial charge on any atom is -0.435 e. The lowest BCUT2D eigenvalue weighted by Gasteiger charge is -2.08. The summed E-state index contributed by atoms with van der Waals surface area (Å²) in [6.45, 7) is 1.51. The maximum Gasteiger partial charge on any atom is 0.446 e. The van der Waals surface area contributed by atoms with Crippen molar-refractivity contribution in [2.24, 2.45) is 0 Å². The Hall–Kier alpha value is -2.11. The summed E-state index contributed by atoms with van der Waals surface area (Å²) in [7, 11) is -3.68. The number of aromatic nitrogens is 2. The minimum absolute atomic E-state index is 0.0173. The molecular formula is C19H12BrF3N2O3S2. The van der Waals surface area contributed by atoms with E-state index in [2.05, 4.69) is 25.9 Å². The third kappa shape index (κ3) is 4.19. The van der Waals surface area contributed by atoms with E-state index in [1.807, 2.05) is 0 Å². The first-order valence-corrected chi connectivity index (χ1v) is 11.8. The number of benzene rings is 2. The fraction of sp³-hybridized carbons (Fsp3) is 0.158. The van der Waals surface area contributed by atoms with Crippen LogP contribution in [0.15, 0.2) is 61.1 Å². The molecule has 0 radical (unpaired) electrons. The number of thioether (sulfide) groups is 1. The van der Waals surface area contributed by atoms with Crippen molar-refractivity contribution in [3.05, 3.63) is 46.9 Å². The van der Waals surface area contributed by atoms with Crippen LogP contribution in [0.3, 0.4) is 0 Å². The van der Waals surface area contributed by atoms with Gasteiger partial charge in [0.2, 0.25) is 5.89 Å². The predicted molar refractivity (Wildman–Crippen MR) is 112 cm³/mol. The third-order valence-corrected chi connectivity index (χ3v) is 7.21. The molecule has 30 heavy (non-hydrogen) atoms. The molecule has 0 unspecified atom stereocenters. The minimum atomic E-state index is -4.43. The number of hydrogen-bond donors (Lipinski definition) is 0. The summed E-state index contributed by atoms with van der Waals surface area (Å²) in [4.78, 5) is 8.58. The Morgan fingerprint density at radius 2 is 1.83 bits per heavy atom. The number of nitrogens with zero attached hydrogens (tertiary/aromatic N) is 2. The van der Waals surface area contributed by atoms with Gasteiger partial charge in [0.15, 0.2) is 15.4 Å². The maximum absolute atomic E-state index is 12.7. The van der Waals surface area contributed by atoms with Crippen LogP contribution in [0.25, 0.3) is 33.6 Å². The standard InChI is InChI=1S/C19H12BrF3N2O3S2/c1-2-30(26,27)16-7-10-3-4-11(20)8-13(10)24-17(16)18-25-14-9-12(29-19(21,22)23)5-6-15(14)28-18/h3-9H,2H2,1H3. The predicted octanol–water partition coefficient (Wildman–Crippen LogP) is 6.21. The summed E-state index contributed by atoms with van der Waals surface area (Å²) in [5, 5.41) is 0.619. The van der Waals surface area contributed by atoms with Crippen LogP contribution >= 0.6 is 27.7 Å². The van der Waals surface area contributed by atoms with Gasteiger partial charge < -0.3 is 4.42 Å². The molecule has 0 atom stereocenters. The van der Waals surface area contributed by atoms with E-state index in [0.717, 1.165) is 4.47 Å². The molecule has 0 bridgehead atoms. The molecule has 0 fully saturated rings. The summed E-state index contributed by atoms with van der Waals surface area (Å²) < 4.78 is 69.7. The molecule has 0 amide bonds. The molecule has 2 heterocycles. The second-order valence-electron chi connectivity index (χ2n) is 6.27. The van der Waals surface area contributed by atoms with Crippen molar-refractivity contribution in [1.82, 2.24) is 9.97 Å². The normalized spacial score (nSPS) is 12.7. The molecule has 0 spiro atoms. The van der Waals surface area contributed by atoms with Crippen molar-refractivity contribution in [1.29, 1.82) is 0 Å². The van der Waals surface area contributed by atoms with Gasteiger partial charge in [-0.15, -0.1) is 0 Å². The lowest BCUT2D eigenvalue weighted by Crippen LogP contribution is -2.07. The molecular weight excluding hydrogens is 505 g/mol. The Balaban J connectivity index is 1.92. The van der Waals surface area contributed by atoms with E-state index in [4.69, 9.17) is 4.42 Å². The molecule has 5 nitrogen and oxygen atoms in total. The average Bonchev–Trinajstić information content (AvgIpc) is 3.08. The van der Waals surface area contributed by atoms with E-state index in [-0.39, 0.29) is 50.0 Å². The molecule has 156 valence electrons. The summed E-state index contributed by atoms with van der Waals surface area (Å²) in [6.07, 6.45) is 0. The Labute approximate surface area is 181 Å².